The van der Waals surface area contributed by atoms with Crippen LogP contribution in [0.15, 0.2) is 30.3 Å². The molecule has 1 fully saturated rings. The van der Waals surface area contributed by atoms with Crippen molar-refractivity contribution in [2.45, 2.75) is 32.4 Å². The Hall–Kier alpha value is -1.55. The molecular weight excluding hydrogens is 252 g/mol. The van der Waals surface area contributed by atoms with E-state index in [1.54, 1.807) is 0 Å². The minimum atomic E-state index is -0.189. The molecule has 0 radical (unpaired) electrons. The van der Waals surface area contributed by atoms with Crippen LogP contribution in [-0.4, -0.2) is 48.6 Å². The number of carbonyl (C=O) groups excluding carboxylic acids is 1. The highest BCUT2D eigenvalue weighted by molar-refractivity contribution is 5.68. The van der Waals surface area contributed by atoms with Gasteiger partial charge in [0.25, 0.3) is 0 Å². The average molecular weight is 276 g/mol. The predicted octanol–water partition coefficient (Wildman–Crippen LogP) is 2.74. The van der Waals surface area contributed by atoms with Gasteiger partial charge < -0.3 is 14.5 Å². The van der Waals surface area contributed by atoms with E-state index in [4.69, 9.17) is 4.74 Å². The van der Waals surface area contributed by atoms with Crippen molar-refractivity contribution in [3.05, 3.63) is 35.9 Å². The molecular formula is C16H24N2O2. The summed E-state index contributed by atoms with van der Waals surface area (Å²) in [4.78, 5) is 16.4. The second-order valence-corrected chi connectivity index (χ2v) is 5.36. The van der Waals surface area contributed by atoms with Crippen molar-refractivity contribution < 1.29 is 9.53 Å². The first-order chi connectivity index (χ1) is 9.70. The molecule has 1 aliphatic heterocycles. The predicted molar refractivity (Wildman–Crippen MR) is 79.5 cm³/mol. The summed E-state index contributed by atoms with van der Waals surface area (Å²) >= 11 is 0. The lowest BCUT2D eigenvalue weighted by Gasteiger charge is -2.36. The lowest BCUT2D eigenvalue weighted by Crippen LogP contribution is -2.46. The highest BCUT2D eigenvalue weighted by Crippen LogP contribution is 2.16. The number of piperidine rings is 1. The highest BCUT2D eigenvalue weighted by atomic mass is 16.6. The molecule has 0 aromatic heterocycles. The molecule has 2 rings (SSSR count). The molecule has 0 atom stereocenters. The molecule has 0 bridgehead atoms. The number of hydrogen-bond acceptors (Lipinski definition) is 3. The van der Waals surface area contributed by atoms with Crippen LogP contribution >= 0.6 is 0 Å². The van der Waals surface area contributed by atoms with Gasteiger partial charge in [0.15, 0.2) is 0 Å². The largest absolute Gasteiger partial charge is 0.445 e. The standard InChI is InChI=1S/C16H24N2O2/c1-3-18(15-9-11-17(2)12-10-15)16(19)20-13-14-7-5-4-6-8-14/h4-8,15H,3,9-13H2,1-2H3. The van der Waals surface area contributed by atoms with Gasteiger partial charge in [-0.1, -0.05) is 30.3 Å². The van der Waals surface area contributed by atoms with Crippen LogP contribution in [0, 0.1) is 0 Å². The van der Waals surface area contributed by atoms with Crippen molar-refractivity contribution >= 4 is 6.09 Å². The summed E-state index contributed by atoms with van der Waals surface area (Å²) in [6.07, 6.45) is 1.88. The molecule has 0 spiro atoms. The maximum Gasteiger partial charge on any atom is 0.410 e. The van der Waals surface area contributed by atoms with E-state index < -0.39 is 0 Å². The smallest absolute Gasteiger partial charge is 0.410 e. The molecule has 0 unspecified atom stereocenters. The maximum atomic E-state index is 12.2. The third-order valence-electron chi connectivity index (χ3n) is 3.91. The van der Waals surface area contributed by atoms with Crippen molar-refractivity contribution in [1.29, 1.82) is 0 Å². The third-order valence-corrected chi connectivity index (χ3v) is 3.91. The van der Waals surface area contributed by atoms with Crippen molar-refractivity contribution in [2.75, 3.05) is 26.7 Å². The molecule has 1 saturated heterocycles. The third kappa shape index (κ3) is 3.97. The SMILES string of the molecule is CCN(C(=O)OCc1ccccc1)C1CCN(C)CC1. The van der Waals surface area contributed by atoms with E-state index in [0.29, 0.717) is 19.2 Å². The van der Waals surface area contributed by atoms with Gasteiger partial charge in [-0.3, -0.25) is 0 Å². The number of nitrogens with zero attached hydrogens (tertiary/aromatic N) is 2. The number of ether oxygens (including phenoxy) is 1. The molecule has 4 nitrogen and oxygen atoms in total. The zero-order chi connectivity index (χ0) is 14.4. The molecule has 1 aromatic carbocycles. The molecule has 0 aliphatic carbocycles. The van der Waals surface area contributed by atoms with Gasteiger partial charge in [-0.15, -0.1) is 0 Å². The van der Waals surface area contributed by atoms with E-state index >= 15 is 0 Å². The molecule has 1 aliphatic rings. The summed E-state index contributed by atoms with van der Waals surface area (Å²) in [5, 5.41) is 0. The second-order valence-electron chi connectivity index (χ2n) is 5.36. The lowest BCUT2D eigenvalue weighted by molar-refractivity contribution is 0.0665. The molecule has 1 amide bonds. The van der Waals surface area contributed by atoms with E-state index in [0.717, 1.165) is 31.5 Å². The Kier molecular flexibility index (Phi) is 5.41. The van der Waals surface area contributed by atoms with Gasteiger partial charge >= 0.3 is 6.09 Å². The van der Waals surface area contributed by atoms with Crippen LogP contribution in [0.2, 0.25) is 0 Å². The van der Waals surface area contributed by atoms with Crippen molar-refractivity contribution in [1.82, 2.24) is 9.80 Å². The van der Waals surface area contributed by atoms with Gasteiger partial charge in [0.2, 0.25) is 0 Å². The number of hydrogen-bond donors (Lipinski definition) is 0. The van der Waals surface area contributed by atoms with Crippen LogP contribution < -0.4 is 0 Å². The van der Waals surface area contributed by atoms with Crippen molar-refractivity contribution in [3.8, 4) is 0 Å². The summed E-state index contributed by atoms with van der Waals surface area (Å²) < 4.78 is 5.43. The van der Waals surface area contributed by atoms with Gasteiger partial charge in [-0.25, -0.2) is 4.79 Å². The molecule has 1 aromatic rings. The Morgan fingerprint density at radius 1 is 1.30 bits per heavy atom. The van der Waals surface area contributed by atoms with E-state index in [2.05, 4.69) is 11.9 Å². The Balaban J connectivity index is 1.86. The van der Waals surface area contributed by atoms with Gasteiger partial charge in [0, 0.05) is 12.6 Å². The van der Waals surface area contributed by atoms with Crippen LogP contribution in [0.3, 0.4) is 0 Å². The lowest BCUT2D eigenvalue weighted by atomic mass is 10.0. The monoisotopic (exact) mass is 276 g/mol. The first-order valence-electron chi connectivity index (χ1n) is 7.36. The maximum absolute atomic E-state index is 12.2. The van der Waals surface area contributed by atoms with Crippen LogP contribution in [0.25, 0.3) is 0 Å². The fourth-order valence-corrected chi connectivity index (χ4v) is 2.65. The van der Waals surface area contributed by atoms with E-state index in [9.17, 15) is 4.79 Å². The normalized spacial score (nSPS) is 16.9. The Bertz CT molecular complexity index is 414. The fraction of sp³-hybridized carbons (Fsp3) is 0.562. The Morgan fingerprint density at radius 2 is 1.95 bits per heavy atom. The van der Waals surface area contributed by atoms with Gasteiger partial charge in [0.1, 0.15) is 6.61 Å². The van der Waals surface area contributed by atoms with Crippen LogP contribution in [0.5, 0.6) is 0 Å². The Morgan fingerprint density at radius 3 is 2.55 bits per heavy atom. The average Bonchev–Trinajstić information content (AvgIpc) is 2.49. The van der Waals surface area contributed by atoms with E-state index in [-0.39, 0.29) is 6.09 Å². The molecule has 0 N–H and O–H groups in total. The number of benzene rings is 1. The second kappa shape index (κ2) is 7.29. The zero-order valence-electron chi connectivity index (χ0n) is 12.4. The molecule has 110 valence electrons. The summed E-state index contributed by atoms with van der Waals surface area (Å²) in [5.74, 6) is 0. The minimum Gasteiger partial charge on any atom is -0.445 e. The van der Waals surface area contributed by atoms with E-state index in [1.165, 1.54) is 0 Å². The molecule has 4 heteroatoms. The Labute approximate surface area is 121 Å². The first kappa shape index (κ1) is 14.9. The van der Waals surface area contributed by atoms with Gasteiger partial charge in [0.05, 0.1) is 0 Å². The van der Waals surface area contributed by atoms with E-state index in [1.807, 2.05) is 42.2 Å². The van der Waals surface area contributed by atoms with Crippen molar-refractivity contribution in [3.63, 3.8) is 0 Å². The quantitative estimate of drug-likeness (QED) is 0.847. The van der Waals surface area contributed by atoms with Crippen LogP contribution in [0.1, 0.15) is 25.3 Å². The summed E-state index contributed by atoms with van der Waals surface area (Å²) in [6, 6.07) is 10.1. The number of likely N-dealkylation sites (tertiary alicyclic amines) is 1. The highest BCUT2D eigenvalue weighted by Gasteiger charge is 2.26. The summed E-state index contributed by atoms with van der Waals surface area (Å²) in [5.41, 5.74) is 1.03. The van der Waals surface area contributed by atoms with Gasteiger partial charge in [-0.2, -0.15) is 0 Å². The zero-order valence-corrected chi connectivity index (χ0v) is 12.4. The van der Waals surface area contributed by atoms with Crippen LogP contribution in [-0.2, 0) is 11.3 Å². The molecule has 0 saturated carbocycles. The van der Waals surface area contributed by atoms with Gasteiger partial charge in [-0.05, 0) is 45.5 Å². The summed E-state index contributed by atoms with van der Waals surface area (Å²) in [7, 11) is 2.13. The minimum absolute atomic E-state index is 0.189. The first-order valence-corrected chi connectivity index (χ1v) is 7.36. The fourth-order valence-electron chi connectivity index (χ4n) is 2.65. The number of carbonyl (C=O) groups is 1. The topological polar surface area (TPSA) is 32.8 Å². The van der Waals surface area contributed by atoms with Crippen molar-refractivity contribution in [2.24, 2.45) is 0 Å². The number of rotatable bonds is 4. The molecule has 20 heavy (non-hydrogen) atoms. The molecule has 1 heterocycles. The number of amides is 1. The van der Waals surface area contributed by atoms with Crippen LogP contribution in [0.4, 0.5) is 4.79 Å². The summed E-state index contributed by atoms with van der Waals surface area (Å²) in [6.45, 7) is 5.17.